The second-order valence-corrected chi connectivity index (χ2v) is 3.23. The average molecular weight is 183 g/mol. The van der Waals surface area contributed by atoms with Crippen molar-refractivity contribution in [2.45, 2.75) is 11.8 Å². The molecule has 2 heterocycles. The molecule has 1 aliphatic heterocycles. The molecule has 1 aliphatic rings. The van der Waals surface area contributed by atoms with Gasteiger partial charge in [0, 0.05) is 6.07 Å². The van der Waals surface area contributed by atoms with Crippen LogP contribution in [0.5, 0.6) is 0 Å². The molecule has 0 bridgehead atoms. The molecule has 1 saturated heterocycles. The molecule has 2 rings (SSSR count). The lowest BCUT2D eigenvalue weighted by Gasteiger charge is -2.38. The maximum Gasteiger partial charge on any atom is 0.304 e. The van der Waals surface area contributed by atoms with Gasteiger partial charge in [0.15, 0.2) is 0 Å². The number of carboxylic acid groups (broad SMARTS) is 1. The van der Waals surface area contributed by atoms with Gasteiger partial charge in [0.05, 0.1) is 30.7 Å². The molecule has 5 heteroatoms. The van der Waals surface area contributed by atoms with Gasteiger partial charge in [-0.25, -0.2) is 0 Å². The zero-order valence-electron chi connectivity index (χ0n) is 6.90. The molecule has 0 saturated carbocycles. The van der Waals surface area contributed by atoms with Gasteiger partial charge in [0.25, 0.3) is 0 Å². The minimum Gasteiger partial charge on any atom is -0.481 e. The molecule has 0 radical (unpaired) electrons. The van der Waals surface area contributed by atoms with Crippen LogP contribution in [0.2, 0.25) is 0 Å². The van der Waals surface area contributed by atoms with Crippen LogP contribution in [0, 0.1) is 0 Å². The van der Waals surface area contributed by atoms with E-state index in [9.17, 15) is 4.79 Å². The molecule has 0 aliphatic carbocycles. The van der Waals surface area contributed by atoms with E-state index in [1.807, 2.05) is 0 Å². The topological polar surface area (TPSA) is 72.6 Å². The van der Waals surface area contributed by atoms with Crippen LogP contribution < -0.4 is 0 Å². The molecule has 0 atom stereocenters. The zero-order chi connectivity index (χ0) is 9.31. The summed E-state index contributed by atoms with van der Waals surface area (Å²) in [7, 11) is 0. The van der Waals surface area contributed by atoms with Crippen molar-refractivity contribution in [1.29, 1.82) is 0 Å². The fourth-order valence-corrected chi connectivity index (χ4v) is 1.46. The van der Waals surface area contributed by atoms with E-state index in [4.69, 9.17) is 9.84 Å². The molecule has 70 valence electrons. The van der Waals surface area contributed by atoms with E-state index in [-0.39, 0.29) is 6.42 Å². The second kappa shape index (κ2) is 2.85. The van der Waals surface area contributed by atoms with E-state index in [1.54, 1.807) is 6.07 Å². The first-order valence-electron chi connectivity index (χ1n) is 3.93. The highest BCUT2D eigenvalue weighted by Crippen LogP contribution is 2.34. The number of ether oxygens (including phenoxy) is 1. The fourth-order valence-electron chi connectivity index (χ4n) is 1.46. The smallest absolute Gasteiger partial charge is 0.304 e. The van der Waals surface area contributed by atoms with E-state index in [0.717, 1.165) is 0 Å². The van der Waals surface area contributed by atoms with Gasteiger partial charge < -0.3 is 14.4 Å². The molecule has 1 aromatic heterocycles. The van der Waals surface area contributed by atoms with Crippen molar-refractivity contribution in [3.05, 3.63) is 18.0 Å². The maximum atomic E-state index is 10.6. The van der Waals surface area contributed by atoms with Gasteiger partial charge in [-0.15, -0.1) is 0 Å². The van der Waals surface area contributed by atoms with Gasteiger partial charge in [-0.3, -0.25) is 4.79 Å². The molecular weight excluding hydrogens is 174 g/mol. The average Bonchev–Trinajstić information content (AvgIpc) is 2.48. The minimum atomic E-state index is -0.841. The molecule has 0 spiro atoms. The van der Waals surface area contributed by atoms with Crippen LogP contribution in [0.3, 0.4) is 0 Å². The lowest BCUT2D eigenvalue weighted by molar-refractivity contribution is -0.145. The number of nitrogens with zero attached hydrogens (tertiary/aromatic N) is 1. The van der Waals surface area contributed by atoms with Crippen LogP contribution in [0.25, 0.3) is 0 Å². The quantitative estimate of drug-likeness (QED) is 0.735. The zero-order valence-corrected chi connectivity index (χ0v) is 6.90. The predicted octanol–water partition coefficient (Wildman–Crippen LogP) is 0.417. The molecule has 0 unspecified atom stereocenters. The number of rotatable bonds is 3. The van der Waals surface area contributed by atoms with Crippen molar-refractivity contribution in [2.75, 3.05) is 13.2 Å². The summed E-state index contributed by atoms with van der Waals surface area (Å²) in [6.45, 7) is 0.817. The number of carboxylic acids is 1. The van der Waals surface area contributed by atoms with Crippen molar-refractivity contribution < 1.29 is 19.2 Å². The number of carbonyl (C=O) groups is 1. The summed E-state index contributed by atoms with van der Waals surface area (Å²) in [6, 6.07) is 1.69. The van der Waals surface area contributed by atoms with E-state index in [2.05, 4.69) is 9.68 Å². The van der Waals surface area contributed by atoms with Gasteiger partial charge in [-0.2, -0.15) is 0 Å². The molecule has 1 aromatic rings. The lowest BCUT2D eigenvalue weighted by Crippen LogP contribution is -2.48. The molecule has 1 N–H and O–H groups in total. The monoisotopic (exact) mass is 183 g/mol. The van der Waals surface area contributed by atoms with E-state index in [0.29, 0.717) is 18.9 Å². The van der Waals surface area contributed by atoms with Gasteiger partial charge in [-0.05, 0) is 0 Å². The van der Waals surface area contributed by atoms with Crippen molar-refractivity contribution >= 4 is 5.97 Å². The van der Waals surface area contributed by atoms with Crippen LogP contribution in [-0.2, 0) is 14.9 Å². The summed E-state index contributed by atoms with van der Waals surface area (Å²) in [5.41, 5.74) is 0.208. The van der Waals surface area contributed by atoms with Crippen LogP contribution in [0.15, 0.2) is 16.9 Å². The van der Waals surface area contributed by atoms with E-state index >= 15 is 0 Å². The Kier molecular flexibility index (Phi) is 1.81. The molecule has 0 aromatic carbocycles. The normalized spacial score (nSPS) is 19.4. The number of aliphatic carboxylic acids is 1. The summed E-state index contributed by atoms with van der Waals surface area (Å²) in [6.07, 6.45) is 1.48. The Labute approximate surface area is 74.3 Å². The van der Waals surface area contributed by atoms with Crippen molar-refractivity contribution in [2.24, 2.45) is 0 Å². The Morgan fingerprint density at radius 3 is 2.85 bits per heavy atom. The Morgan fingerprint density at radius 1 is 1.69 bits per heavy atom. The highest BCUT2D eigenvalue weighted by atomic mass is 16.5. The maximum absolute atomic E-state index is 10.6. The fraction of sp³-hybridized carbons (Fsp3) is 0.500. The van der Waals surface area contributed by atoms with Crippen LogP contribution >= 0.6 is 0 Å². The molecule has 13 heavy (non-hydrogen) atoms. The van der Waals surface area contributed by atoms with Crippen LogP contribution in [0.4, 0.5) is 0 Å². The lowest BCUT2D eigenvalue weighted by atomic mass is 9.79. The van der Waals surface area contributed by atoms with Gasteiger partial charge in [0.2, 0.25) is 0 Å². The molecule has 5 nitrogen and oxygen atoms in total. The highest BCUT2D eigenvalue weighted by molar-refractivity contribution is 5.69. The van der Waals surface area contributed by atoms with Crippen molar-refractivity contribution in [3.8, 4) is 0 Å². The molecule has 0 amide bonds. The summed E-state index contributed by atoms with van der Waals surface area (Å²) < 4.78 is 9.70. The SMILES string of the molecule is O=C(O)CC1(c2ccon2)COC1. The third-order valence-electron chi connectivity index (χ3n) is 2.23. The number of aromatic nitrogens is 1. The molecule has 1 fully saturated rings. The minimum absolute atomic E-state index is 0.0412. The summed E-state index contributed by atoms with van der Waals surface area (Å²) in [5.74, 6) is -0.841. The Hall–Kier alpha value is -1.36. The van der Waals surface area contributed by atoms with Crippen LogP contribution in [-0.4, -0.2) is 29.4 Å². The van der Waals surface area contributed by atoms with Gasteiger partial charge in [0.1, 0.15) is 6.26 Å². The first-order chi connectivity index (χ1) is 6.23. The third kappa shape index (κ3) is 1.31. The third-order valence-corrected chi connectivity index (χ3v) is 2.23. The van der Waals surface area contributed by atoms with Gasteiger partial charge in [-0.1, -0.05) is 5.16 Å². The standard InChI is InChI=1S/C8H9NO4/c10-7(11)3-8(4-12-5-8)6-1-2-13-9-6/h1-2H,3-5H2,(H,10,11). The summed E-state index contributed by atoms with van der Waals surface area (Å²) in [4.78, 5) is 10.6. The summed E-state index contributed by atoms with van der Waals surface area (Å²) >= 11 is 0. The Morgan fingerprint density at radius 2 is 2.46 bits per heavy atom. The highest BCUT2D eigenvalue weighted by Gasteiger charge is 2.44. The Bertz CT molecular complexity index is 302. The van der Waals surface area contributed by atoms with Gasteiger partial charge >= 0.3 is 5.97 Å². The first kappa shape index (κ1) is 8.25. The number of hydrogen-bond acceptors (Lipinski definition) is 4. The Balaban J connectivity index is 2.20. The van der Waals surface area contributed by atoms with Crippen LogP contribution in [0.1, 0.15) is 12.1 Å². The van der Waals surface area contributed by atoms with Crippen molar-refractivity contribution in [1.82, 2.24) is 5.16 Å². The number of hydrogen-bond donors (Lipinski definition) is 1. The van der Waals surface area contributed by atoms with E-state index < -0.39 is 11.4 Å². The predicted molar refractivity (Wildman–Crippen MR) is 41.3 cm³/mol. The van der Waals surface area contributed by atoms with Crippen molar-refractivity contribution in [3.63, 3.8) is 0 Å². The first-order valence-corrected chi connectivity index (χ1v) is 3.93. The summed E-state index contributed by atoms with van der Waals surface area (Å²) in [5, 5.41) is 12.4. The van der Waals surface area contributed by atoms with E-state index in [1.165, 1.54) is 6.26 Å². The molecular formula is C8H9NO4. The largest absolute Gasteiger partial charge is 0.481 e. The second-order valence-electron chi connectivity index (χ2n) is 3.23.